The molecule has 0 aliphatic carbocycles. The predicted octanol–water partition coefficient (Wildman–Crippen LogP) is 3.64. The van der Waals surface area contributed by atoms with Crippen molar-refractivity contribution in [3.05, 3.63) is 46.8 Å². The fourth-order valence-electron chi connectivity index (χ4n) is 1.28. The average Bonchev–Trinajstić information content (AvgIpc) is 2.30. The third-order valence-corrected chi connectivity index (χ3v) is 2.91. The Morgan fingerprint density at radius 2 is 2.00 bits per heavy atom. The molecular formula is C11H8BrClN2. The van der Waals surface area contributed by atoms with Gasteiger partial charge in [-0.2, -0.15) is 0 Å². The lowest BCUT2D eigenvalue weighted by atomic mass is 10.1. The zero-order valence-electron chi connectivity index (χ0n) is 7.82. The Morgan fingerprint density at radius 1 is 1.20 bits per heavy atom. The van der Waals surface area contributed by atoms with Gasteiger partial charge in [-0.3, -0.25) is 0 Å². The highest BCUT2D eigenvalue weighted by atomic mass is 79.9. The number of halogens is 2. The maximum atomic E-state index is 5.69. The monoisotopic (exact) mass is 282 g/mol. The largest absolute Gasteiger partial charge is 0.240 e. The van der Waals surface area contributed by atoms with Gasteiger partial charge in [0.05, 0.1) is 11.6 Å². The van der Waals surface area contributed by atoms with Crippen LogP contribution in [0.4, 0.5) is 0 Å². The van der Waals surface area contributed by atoms with Crippen molar-refractivity contribution in [2.24, 2.45) is 0 Å². The molecule has 1 heterocycles. The van der Waals surface area contributed by atoms with Crippen molar-refractivity contribution >= 4 is 27.5 Å². The first kappa shape index (κ1) is 10.6. The summed E-state index contributed by atoms with van der Waals surface area (Å²) in [6.45, 7) is 0. The van der Waals surface area contributed by atoms with Crippen LogP contribution < -0.4 is 0 Å². The van der Waals surface area contributed by atoms with Crippen molar-refractivity contribution in [3.63, 3.8) is 0 Å². The van der Waals surface area contributed by atoms with Crippen LogP contribution in [0.2, 0.25) is 0 Å². The van der Waals surface area contributed by atoms with Crippen molar-refractivity contribution in [1.29, 1.82) is 0 Å². The first-order chi connectivity index (χ1) is 7.31. The molecule has 0 aliphatic heterocycles. The number of aromatic nitrogens is 2. The van der Waals surface area contributed by atoms with E-state index in [4.69, 9.17) is 11.6 Å². The summed E-state index contributed by atoms with van der Waals surface area (Å²) in [4.78, 5) is 8.40. The number of hydrogen-bond donors (Lipinski definition) is 0. The first-order valence-corrected chi connectivity index (χ1v) is 5.77. The molecule has 1 aromatic heterocycles. The molecule has 4 heteroatoms. The Kier molecular flexibility index (Phi) is 3.34. The van der Waals surface area contributed by atoms with Crippen molar-refractivity contribution in [1.82, 2.24) is 9.97 Å². The Morgan fingerprint density at radius 3 is 2.73 bits per heavy atom. The van der Waals surface area contributed by atoms with Gasteiger partial charge in [0.1, 0.15) is 5.82 Å². The van der Waals surface area contributed by atoms with E-state index in [2.05, 4.69) is 25.9 Å². The Balaban J connectivity index is 2.49. The maximum Gasteiger partial charge on any atom is 0.143 e. The highest BCUT2D eigenvalue weighted by molar-refractivity contribution is 9.10. The van der Waals surface area contributed by atoms with Gasteiger partial charge in [0.25, 0.3) is 0 Å². The van der Waals surface area contributed by atoms with E-state index in [1.807, 2.05) is 30.3 Å². The molecule has 0 radical (unpaired) electrons. The Bertz CT molecular complexity index is 474. The van der Waals surface area contributed by atoms with Gasteiger partial charge in [0.15, 0.2) is 0 Å². The van der Waals surface area contributed by atoms with E-state index < -0.39 is 0 Å². The molecule has 1 aromatic carbocycles. The highest BCUT2D eigenvalue weighted by Gasteiger charge is 2.04. The summed E-state index contributed by atoms with van der Waals surface area (Å²) in [5.74, 6) is 0.975. The molecule has 0 saturated heterocycles. The maximum absolute atomic E-state index is 5.69. The lowest BCUT2D eigenvalue weighted by Crippen LogP contribution is -1.93. The van der Waals surface area contributed by atoms with Crippen molar-refractivity contribution in [2.45, 2.75) is 5.88 Å². The van der Waals surface area contributed by atoms with Gasteiger partial charge < -0.3 is 0 Å². The summed E-state index contributed by atoms with van der Waals surface area (Å²) in [5, 5.41) is 0. The van der Waals surface area contributed by atoms with Gasteiger partial charge in [-0.15, -0.1) is 11.6 Å². The van der Waals surface area contributed by atoms with Gasteiger partial charge in [0.2, 0.25) is 0 Å². The van der Waals surface area contributed by atoms with Gasteiger partial charge in [0, 0.05) is 16.2 Å². The SMILES string of the molecule is ClCc1nccc(-c2ccccc2Br)n1. The van der Waals surface area contributed by atoms with Gasteiger partial charge >= 0.3 is 0 Å². The normalized spacial score (nSPS) is 10.3. The van der Waals surface area contributed by atoms with Crippen LogP contribution in [0.5, 0.6) is 0 Å². The van der Waals surface area contributed by atoms with Crippen LogP contribution in [-0.2, 0) is 5.88 Å². The summed E-state index contributed by atoms with van der Waals surface area (Å²) in [7, 11) is 0. The first-order valence-electron chi connectivity index (χ1n) is 4.44. The van der Waals surface area contributed by atoms with E-state index in [1.54, 1.807) is 6.20 Å². The van der Waals surface area contributed by atoms with E-state index in [9.17, 15) is 0 Å². The molecule has 0 atom stereocenters. The molecule has 0 spiro atoms. The summed E-state index contributed by atoms with van der Waals surface area (Å²) in [6, 6.07) is 9.80. The molecule has 0 bridgehead atoms. The smallest absolute Gasteiger partial charge is 0.143 e. The number of alkyl halides is 1. The molecule has 2 aromatic rings. The van der Waals surface area contributed by atoms with Crippen LogP contribution >= 0.6 is 27.5 Å². The van der Waals surface area contributed by atoms with E-state index in [0.717, 1.165) is 15.7 Å². The van der Waals surface area contributed by atoms with E-state index >= 15 is 0 Å². The molecule has 0 aliphatic rings. The summed E-state index contributed by atoms with van der Waals surface area (Å²) >= 11 is 9.18. The zero-order chi connectivity index (χ0) is 10.7. The fourth-order valence-corrected chi connectivity index (χ4v) is 1.90. The summed E-state index contributed by atoms with van der Waals surface area (Å²) in [6.07, 6.45) is 1.72. The van der Waals surface area contributed by atoms with E-state index in [0.29, 0.717) is 11.7 Å². The third-order valence-electron chi connectivity index (χ3n) is 1.97. The predicted molar refractivity (Wildman–Crippen MR) is 64.7 cm³/mol. The highest BCUT2D eigenvalue weighted by Crippen LogP contribution is 2.25. The van der Waals surface area contributed by atoms with E-state index in [1.165, 1.54) is 0 Å². The molecule has 2 rings (SSSR count). The lowest BCUT2D eigenvalue weighted by molar-refractivity contribution is 1.03. The molecule has 0 unspecified atom stereocenters. The molecule has 0 amide bonds. The standard InChI is InChI=1S/C11H8BrClN2/c12-9-4-2-1-3-8(9)10-5-6-14-11(7-13)15-10/h1-6H,7H2. The number of nitrogens with zero attached hydrogens (tertiary/aromatic N) is 2. The molecular weight excluding hydrogens is 275 g/mol. The van der Waals surface area contributed by atoms with Crippen LogP contribution in [0, 0.1) is 0 Å². The quantitative estimate of drug-likeness (QED) is 0.786. The Hall–Kier alpha value is -0.930. The van der Waals surface area contributed by atoms with Gasteiger partial charge in [-0.25, -0.2) is 9.97 Å². The van der Waals surface area contributed by atoms with Crippen LogP contribution in [-0.4, -0.2) is 9.97 Å². The second-order valence-electron chi connectivity index (χ2n) is 2.97. The molecule has 15 heavy (non-hydrogen) atoms. The van der Waals surface area contributed by atoms with Gasteiger partial charge in [-0.05, 0) is 12.1 Å². The fraction of sp³-hybridized carbons (Fsp3) is 0.0909. The minimum atomic E-state index is 0.332. The second kappa shape index (κ2) is 4.73. The molecule has 0 fully saturated rings. The summed E-state index contributed by atoms with van der Waals surface area (Å²) < 4.78 is 1.02. The minimum Gasteiger partial charge on any atom is -0.240 e. The third kappa shape index (κ3) is 2.36. The number of rotatable bonds is 2. The Labute approximate surface area is 101 Å². The lowest BCUT2D eigenvalue weighted by Gasteiger charge is -2.03. The molecule has 0 N–H and O–H groups in total. The molecule has 76 valence electrons. The second-order valence-corrected chi connectivity index (χ2v) is 4.09. The van der Waals surface area contributed by atoms with Crippen LogP contribution in [0.1, 0.15) is 5.82 Å². The van der Waals surface area contributed by atoms with Crippen molar-refractivity contribution in [2.75, 3.05) is 0 Å². The number of hydrogen-bond acceptors (Lipinski definition) is 2. The van der Waals surface area contributed by atoms with Gasteiger partial charge in [-0.1, -0.05) is 34.1 Å². The van der Waals surface area contributed by atoms with Crippen molar-refractivity contribution < 1.29 is 0 Å². The summed E-state index contributed by atoms with van der Waals surface area (Å²) in [5.41, 5.74) is 1.93. The topological polar surface area (TPSA) is 25.8 Å². The number of benzene rings is 1. The minimum absolute atomic E-state index is 0.332. The van der Waals surface area contributed by atoms with Crippen LogP contribution in [0.3, 0.4) is 0 Å². The molecule has 2 nitrogen and oxygen atoms in total. The molecule has 0 saturated carbocycles. The van der Waals surface area contributed by atoms with Crippen LogP contribution in [0.25, 0.3) is 11.3 Å². The average molecular weight is 284 g/mol. The van der Waals surface area contributed by atoms with Crippen molar-refractivity contribution in [3.8, 4) is 11.3 Å². The van der Waals surface area contributed by atoms with Crippen LogP contribution in [0.15, 0.2) is 41.0 Å². The van der Waals surface area contributed by atoms with E-state index in [-0.39, 0.29) is 0 Å². The zero-order valence-corrected chi connectivity index (χ0v) is 10.2.